The summed E-state index contributed by atoms with van der Waals surface area (Å²) < 4.78 is 5.18. The SMILES string of the molecule is CC#CCOc1ccc(C#N)c(O)c1. The molecule has 0 atom stereocenters. The molecule has 0 fully saturated rings. The number of phenolic OH excluding ortho intramolecular Hbond substituents is 1. The molecule has 0 aliphatic carbocycles. The minimum atomic E-state index is -0.0746. The summed E-state index contributed by atoms with van der Waals surface area (Å²) in [6.07, 6.45) is 0. The Hall–Kier alpha value is -2.13. The Kier molecular flexibility index (Phi) is 3.41. The smallest absolute Gasteiger partial charge is 0.149 e. The van der Waals surface area contributed by atoms with Gasteiger partial charge in [-0.15, -0.1) is 5.92 Å². The van der Waals surface area contributed by atoms with Crippen LogP contribution in [0.1, 0.15) is 12.5 Å². The van der Waals surface area contributed by atoms with Crippen molar-refractivity contribution in [3.63, 3.8) is 0 Å². The Labute approximate surface area is 82.6 Å². The van der Waals surface area contributed by atoms with Crippen LogP contribution in [0.2, 0.25) is 0 Å². The molecule has 70 valence electrons. The van der Waals surface area contributed by atoms with Gasteiger partial charge in [0, 0.05) is 6.07 Å². The number of nitriles is 1. The van der Waals surface area contributed by atoms with Crippen LogP contribution in [-0.4, -0.2) is 11.7 Å². The lowest BCUT2D eigenvalue weighted by Crippen LogP contribution is -1.93. The van der Waals surface area contributed by atoms with Crippen LogP contribution < -0.4 is 4.74 Å². The van der Waals surface area contributed by atoms with Crippen molar-refractivity contribution < 1.29 is 9.84 Å². The minimum Gasteiger partial charge on any atom is -0.506 e. The maximum absolute atomic E-state index is 9.31. The first-order chi connectivity index (χ1) is 6.77. The zero-order chi connectivity index (χ0) is 10.4. The summed E-state index contributed by atoms with van der Waals surface area (Å²) in [6, 6.07) is 6.38. The Morgan fingerprint density at radius 2 is 2.29 bits per heavy atom. The summed E-state index contributed by atoms with van der Waals surface area (Å²) in [5.74, 6) is 5.84. The van der Waals surface area contributed by atoms with Crippen molar-refractivity contribution in [2.45, 2.75) is 6.92 Å². The fourth-order valence-corrected chi connectivity index (χ4v) is 0.887. The quantitative estimate of drug-likeness (QED) is 0.716. The molecule has 0 aromatic heterocycles. The highest BCUT2D eigenvalue weighted by Gasteiger charge is 2.01. The van der Waals surface area contributed by atoms with Gasteiger partial charge in [-0.2, -0.15) is 5.26 Å². The number of aromatic hydroxyl groups is 1. The van der Waals surface area contributed by atoms with E-state index in [1.807, 2.05) is 6.07 Å². The lowest BCUT2D eigenvalue weighted by molar-refractivity contribution is 0.366. The van der Waals surface area contributed by atoms with Crippen molar-refractivity contribution in [1.82, 2.24) is 0 Å². The largest absolute Gasteiger partial charge is 0.506 e. The molecule has 0 unspecified atom stereocenters. The molecule has 0 saturated heterocycles. The predicted molar refractivity (Wildman–Crippen MR) is 51.8 cm³/mol. The van der Waals surface area contributed by atoms with Gasteiger partial charge in [0.1, 0.15) is 24.2 Å². The monoisotopic (exact) mass is 187 g/mol. The van der Waals surface area contributed by atoms with Gasteiger partial charge < -0.3 is 9.84 Å². The summed E-state index contributed by atoms with van der Waals surface area (Å²) >= 11 is 0. The number of phenols is 1. The van der Waals surface area contributed by atoms with Crippen LogP contribution in [0.25, 0.3) is 0 Å². The van der Waals surface area contributed by atoms with E-state index in [1.165, 1.54) is 12.1 Å². The van der Waals surface area contributed by atoms with Gasteiger partial charge in [-0.3, -0.25) is 0 Å². The van der Waals surface area contributed by atoms with Crippen molar-refractivity contribution in [3.05, 3.63) is 23.8 Å². The third-order valence-electron chi connectivity index (χ3n) is 1.58. The van der Waals surface area contributed by atoms with Crippen LogP contribution in [-0.2, 0) is 0 Å². The molecule has 14 heavy (non-hydrogen) atoms. The third-order valence-corrected chi connectivity index (χ3v) is 1.58. The topological polar surface area (TPSA) is 53.2 Å². The van der Waals surface area contributed by atoms with Crippen molar-refractivity contribution in [3.8, 4) is 29.4 Å². The third kappa shape index (κ3) is 2.43. The molecule has 3 heteroatoms. The Morgan fingerprint density at radius 1 is 1.50 bits per heavy atom. The number of hydrogen-bond acceptors (Lipinski definition) is 3. The minimum absolute atomic E-state index is 0.0746. The molecule has 0 heterocycles. The number of nitrogens with zero attached hydrogens (tertiary/aromatic N) is 1. The van der Waals surface area contributed by atoms with E-state index in [2.05, 4.69) is 11.8 Å². The van der Waals surface area contributed by atoms with Gasteiger partial charge in [0.05, 0.1) is 5.56 Å². The zero-order valence-electron chi connectivity index (χ0n) is 7.74. The molecule has 0 aliphatic heterocycles. The maximum Gasteiger partial charge on any atom is 0.149 e. The molecule has 1 aromatic carbocycles. The molecule has 0 bridgehead atoms. The highest BCUT2D eigenvalue weighted by molar-refractivity contribution is 5.46. The lowest BCUT2D eigenvalue weighted by Gasteiger charge is -2.02. The van der Waals surface area contributed by atoms with E-state index in [4.69, 9.17) is 10.00 Å². The predicted octanol–water partition coefficient (Wildman–Crippen LogP) is 1.67. The highest BCUT2D eigenvalue weighted by atomic mass is 16.5. The molecule has 1 N–H and O–H groups in total. The van der Waals surface area contributed by atoms with Crippen molar-refractivity contribution in [2.75, 3.05) is 6.61 Å². The summed E-state index contributed by atoms with van der Waals surface area (Å²) in [5, 5.41) is 17.9. The van der Waals surface area contributed by atoms with E-state index < -0.39 is 0 Å². The molecule has 0 amide bonds. The van der Waals surface area contributed by atoms with Crippen LogP contribution in [0.15, 0.2) is 18.2 Å². The standard InChI is InChI=1S/C11H9NO2/c1-2-3-6-14-10-5-4-9(8-12)11(13)7-10/h4-5,7,13H,6H2,1H3. The second-order valence-corrected chi connectivity index (χ2v) is 2.51. The van der Waals surface area contributed by atoms with Crippen LogP contribution in [0, 0.1) is 23.2 Å². The molecule has 0 radical (unpaired) electrons. The Balaban J connectivity index is 2.75. The molecule has 1 aromatic rings. The average molecular weight is 187 g/mol. The maximum atomic E-state index is 9.31. The summed E-state index contributed by atoms with van der Waals surface area (Å²) in [6.45, 7) is 2.00. The van der Waals surface area contributed by atoms with Gasteiger partial charge >= 0.3 is 0 Å². The molecular weight excluding hydrogens is 178 g/mol. The van der Waals surface area contributed by atoms with E-state index >= 15 is 0 Å². The molecule has 0 spiro atoms. The lowest BCUT2D eigenvalue weighted by atomic mass is 10.2. The molecule has 0 aliphatic rings. The number of hydrogen-bond donors (Lipinski definition) is 1. The normalized spacial score (nSPS) is 8.29. The first kappa shape index (κ1) is 9.95. The second-order valence-electron chi connectivity index (χ2n) is 2.51. The van der Waals surface area contributed by atoms with Crippen molar-refractivity contribution >= 4 is 0 Å². The average Bonchev–Trinajstić information content (AvgIpc) is 2.18. The molecule has 3 nitrogen and oxygen atoms in total. The van der Waals surface area contributed by atoms with Crippen molar-refractivity contribution in [2.24, 2.45) is 0 Å². The highest BCUT2D eigenvalue weighted by Crippen LogP contribution is 2.22. The van der Waals surface area contributed by atoms with Gasteiger partial charge in [0.2, 0.25) is 0 Å². The van der Waals surface area contributed by atoms with Crippen LogP contribution in [0.4, 0.5) is 0 Å². The van der Waals surface area contributed by atoms with Crippen LogP contribution >= 0.6 is 0 Å². The van der Waals surface area contributed by atoms with Gasteiger partial charge in [-0.05, 0) is 19.1 Å². The van der Waals surface area contributed by atoms with E-state index in [0.717, 1.165) is 0 Å². The van der Waals surface area contributed by atoms with E-state index in [9.17, 15) is 5.11 Å². The molecule has 0 saturated carbocycles. The van der Waals surface area contributed by atoms with Crippen LogP contribution in [0.3, 0.4) is 0 Å². The number of benzene rings is 1. The van der Waals surface area contributed by atoms with Crippen LogP contribution in [0.5, 0.6) is 11.5 Å². The Morgan fingerprint density at radius 3 is 2.86 bits per heavy atom. The molecule has 1 rings (SSSR count). The number of ether oxygens (including phenoxy) is 1. The second kappa shape index (κ2) is 4.79. The van der Waals surface area contributed by atoms with Gasteiger partial charge in [-0.25, -0.2) is 0 Å². The first-order valence-corrected chi connectivity index (χ1v) is 4.03. The zero-order valence-corrected chi connectivity index (χ0v) is 7.74. The number of rotatable bonds is 2. The first-order valence-electron chi connectivity index (χ1n) is 4.03. The van der Waals surface area contributed by atoms with Gasteiger partial charge in [-0.1, -0.05) is 5.92 Å². The summed E-state index contributed by atoms with van der Waals surface area (Å²) in [4.78, 5) is 0. The fraction of sp³-hybridized carbons (Fsp3) is 0.182. The summed E-state index contributed by atoms with van der Waals surface area (Å²) in [5.41, 5.74) is 0.235. The van der Waals surface area contributed by atoms with Gasteiger partial charge in [0.15, 0.2) is 0 Å². The van der Waals surface area contributed by atoms with Crippen molar-refractivity contribution in [1.29, 1.82) is 5.26 Å². The van der Waals surface area contributed by atoms with E-state index in [0.29, 0.717) is 5.75 Å². The van der Waals surface area contributed by atoms with E-state index in [1.54, 1.807) is 13.0 Å². The molecular formula is C11H9NO2. The van der Waals surface area contributed by atoms with E-state index in [-0.39, 0.29) is 17.9 Å². The Bertz CT molecular complexity index is 421. The summed E-state index contributed by atoms with van der Waals surface area (Å²) in [7, 11) is 0. The fourth-order valence-electron chi connectivity index (χ4n) is 0.887. The van der Waals surface area contributed by atoms with Gasteiger partial charge in [0.25, 0.3) is 0 Å².